The summed E-state index contributed by atoms with van der Waals surface area (Å²) in [4.78, 5) is 14.8. The van der Waals surface area contributed by atoms with Gasteiger partial charge in [0, 0.05) is 19.5 Å². The van der Waals surface area contributed by atoms with Crippen molar-refractivity contribution in [1.29, 1.82) is 0 Å². The van der Waals surface area contributed by atoms with E-state index in [9.17, 15) is 4.79 Å². The summed E-state index contributed by atoms with van der Waals surface area (Å²) in [5, 5.41) is 3.25. The number of rotatable bonds is 4. The number of carbonyl (C=O) groups excluding carboxylic acids is 1. The summed E-state index contributed by atoms with van der Waals surface area (Å²) in [7, 11) is 2.01. The van der Waals surface area contributed by atoms with Gasteiger partial charge in [-0.15, -0.1) is 0 Å². The molecule has 1 fully saturated rings. The number of carbonyl (C=O) groups is 1. The number of likely N-dealkylation sites (tertiary alicyclic amines) is 1. The molecule has 1 aromatic rings. The van der Waals surface area contributed by atoms with Crippen LogP contribution in [0.2, 0.25) is 0 Å². The first-order chi connectivity index (χ1) is 10.8. The zero-order valence-corrected chi connectivity index (χ0v) is 13.7. The molecule has 0 saturated carbocycles. The maximum atomic E-state index is 12.7. The molecule has 1 unspecified atom stereocenters. The second kappa shape index (κ2) is 7.28. The highest BCUT2D eigenvalue weighted by Crippen LogP contribution is 2.34. The van der Waals surface area contributed by atoms with E-state index in [-0.39, 0.29) is 0 Å². The Labute approximate surface area is 134 Å². The zero-order chi connectivity index (χ0) is 15.4. The summed E-state index contributed by atoms with van der Waals surface area (Å²) < 4.78 is 0. The summed E-state index contributed by atoms with van der Waals surface area (Å²) >= 11 is 0. The van der Waals surface area contributed by atoms with Crippen LogP contribution in [0.3, 0.4) is 0 Å². The third-order valence-corrected chi connectivity index (χ3v) is 5.37. The largest absolute Gasteiger partial charge is 0.343 e. The van der Waals surface area contributed by atoms with Gasteiger partial charge in [-0.05, 0) is 68.7 Å². The highest BCUT2D eigenvalue weighted by Gasteiger charge is 2.27. The number of nitrogens with one attached hydrogen (secondary N) is 1. The van der Waals surface area contributed by atoms with E-state index in [1.165, 1.54) is 30.4 Å². The third kappa shape index (κ3) is 3.52. The Morgan fingerprint density at radius 1 is 1.23 bits per heavy atom. The molecule has 1 aliphatic carbocycles. The highest BCUT2D eigenvalue weighted by molar-refractivity contribution is 5.77. The van der Waals surface area contributed by atoms with Gasteiger partial charge in [0.25, 0.3) is 0 Å². The molecule has 0 bridgehead atoms. The van der Waals surface area contributed by atoms with Crippen molar-refractivity contribution in [1.82, 2.24) is 10.2 Å². The minimum absolute atomic E-state index is 0.365. The van der Waals surface area contributed by atoms with Crippen molar-refractivity contribution >= 4 is 5.91 Å². The molecule has 120 valence electrons. The summed E-state index contributed by atoms with van der Waals surface area (Å²) in [6, 6.07) is 8.70. The van der Waals surface area contributed by atoms with E-state index in [2.05, 4.69) is 34.5 Å². The predicted octanol–water partition coefficient (Wildman–Crippen LogP) is 2.95. The molecule has 3 rings (SSSR count). The first-order valence-corrected chi connectivity index (χ1v) is 8.78. The number of aryl methyl sites for hydroxylation is 1. The molecule has 0 spiro atoms. The van der Waals surface area contributed by atoms with E-state index in [1.807, 2.05) is 7.05 Å². The smallest absolute Gasteiger partial charge is 0.223 e. The average molecular weight is 300 g/mol. The minimum Gasteiger partial charge on any atom is -0.343 e. The van der Waals surface area contributed by atoms with Gasteiger partial charge in [0.2, 0.25) is 5.91 Å². The topological polar surface area (TPSA) is 32.3 Å². The molecule has 1 aromatic carbocycles. The monoisotopic (exact) mass is 300 g/mol. The van der Waals surface area contributed by atoms with Gasteiger partial charge in [-0.1, -0.05) is 24.3 Å². The van der Waals surface area contributed by atoms with E-state index < -0.39 is 0 Å². The Hall–Kier alpha value is -1.35. The van der Waals surface area contributed by atoms with Gasteiger partial charge >= 0.3 is 0 Å². The standard InChI is InChI=1S/C19H28N2O/c1-20-14-15-9-11-21(12-10-15)19(22)13-17-7-4-6-16-5-2-3-8-18(16)17/h2-3,5,8,15,17,20H,4,6-7,9-14H2,1H3. The fourth-order valence-electron chi connectivity index (χ4n) is 4.08. The number of benzene rings is 1. The molecule has 0 aromatic heterocycles. The molecular formula is C19H28N2O. The van der Waals surface area contributed by atoms with Crippen molar-refractivity contribution in [3.8, 4) is 0 Å². The third-order valence-electron chi connectivity index (χ3n) is 5.37. The van der Waals surface area contributed by atoms with Crippen molar-refractivity contribution < 1.29 is 4.79 Å². The van der Waals surface area contributed by atoms with Crippen LogP contribution in [-0.2, 0) is 11.2 Å². The van der Waals surface area contributed by atoms with Crippen LogP contribution in [0.5, 0.6) is 0 Å². The lowest BCUT2D eigenvalue weighted by Crippen LogP contribution is -2.41. The second-order valence-corrected chi connectivity index (χ2v) is 6.87. The molecule has 2 aliphatic rings. The normalized spacial score (nSPS) is 22.4. The Bertz CT molecular complexity index is 506. The van der Waals surface area contributed by atoms with Crippen molar-refractivity contribution in [2.45, 2.75) is 44.4 Å². The molecule has 1 heterocycles. The molecule has 22 heavy (non-hydrogen) atoms. The number of fused-ring (bicyclic) bond motifs is 1. The lowest BCUT2D eigenvalue weighted by atomic mass is 9.81. The molecule has 0 radical (unpaired) electrons. The van der Waals surface area contributed by atoms with Gasteiger partial charge in [-0.3, -0.25) is 4.79 Å². The van der Waals surface area contributed by atoms with Crippen molar-refractivity contribution in [2.24, 2.45) is 5.92 Å². The molecule has 1 atom stereocenters. The van der Waals surface area contributed by atoms with E-state index in [0.29, 0.717) is 18.2 Å². The number of piperidine rings is 1. The van der Waals surface area contributed by atoms with E-state index in [1.54, 1.807) is 0 Å². The summed E-state index contributed by atoms with van der Waals surface area (Å²) in [5.41, 5.74) is 2.88. The number of hydrogen-bond acceptors (Lipinski definition) is 2. The van der Waals surface area contributed by atoms with Gasteiger partial charge in [-0.25, -0.2) is 0 Å². The summed E-state index contributed by atoms with van der Waals surface area (Å²) in [6.45, 7) is 2.97. The Kier molecular flexibility index (Phi) is 5.14. The zero-order valence-electron chi connectivity index (χ0n) is 13.7. The fraction of sp³-hybridized carbons (Fsp3) is 0.632. The van der Waals surface area contributed by atoms with Crippen LogP contribution in [0.25, 0.3) is 0 Å². The van der Waals surface area contributed by atoms with Crippen molar-refractivity contribution in [3.05, 3.63) is 35.4 Å². The Morgan fingerprint density at radius 2 is 2.00 bits per heavy atom. The van der Waals surface area contributed by atoms with Gasteiger partial charge in [0.1, 0.15) is 0 Å². The SMILES string of the molecule is CNCC1CCN(C(=O)CC2CCCc3ccccc32)CC1. The van der Waals surface area contributed by atoms with Crippen LogP contribution in [0.1, 0.15) is 49.1 Å². The van der Waals surface area contributed by atoms with Gasteiger partial charge in [-0.2, -0.15) is 0 Å². The van der Waals surface area contributed by atoms with Crippen LogP contribution in [0.4, 0.5) is 0 Å². The van der Waals surface area contributed by atoms with Crippen LogP contribution < -0.4 is 5.32 Å². The Balaban J connectivity index is 1.57. The number of hydrogen-bond donors (Lipinski definition) is 1. The van der Waals surface area contributed by atoms with Crippen LogP contribution >= 0.6 is 0 Å². The van der Waals surface area contributed by atoms with Gasteiger partial charge < -0.3 is 10.2 Å². The predicted molar refractivity (Wildman–Crippen MR) is 90.0 cm³/mol. The fourth-order valence-corrected chi connectivity index (χ4v) is 4.08. The maximum Gasteiger partial charge on any atom is 0.223 e. The van der Waals surface area contributed by atoms with Gasteiger partial charge in [0.05, 0.1) is 0 Å². The number of amides is 1. The van der Waals surface area contributed by atoms with Crippen LogP contribution in [0, 0.1) is 5.92 Å². The highest BCUT2D eigenvalue weighted by atomic mass is 16.2. The molecule has 3 heteroatoms. The van der Waals surface area contributed by atoms with E-state index in [0.717, 1.165) is 38.4 Å². The molecule has 1 amide bonds. The molecule has 1 aliphatic heterocycles. The Morgan fingerprint density at radius 3 is 2.77 bits per heavy atom. The van der Waals surface area contributed by atoms with Crippen LogP contribution in [0.15, 0.2) is 24.3 Å². The minimum atomic E-state index is 0.365. The van der Waals surface area contributed by atoms with Crippen molar-refractivity contribution in [3.63, 3.8) is 0 Å². The lowest BCUT2D eigenvalue weighted by Gasteiger charge is -2.34. The maximum absolute atomic E-state index is 12.7. The van der Waals surface area contributed by atoms with Gasteiger partial charge in [0.15, 0.2) is 0 Å². The van der Waals surface area contributed by atoms with E-state index in [4.69, 9.17) is 0 Å². The molecule has 1 saturated heterocycles. The van der Waals surface area contributed by atoms with Crippen LogP contribution in [-0.4, -0.2) is 37.5 Å². The summed E-state index contributed by atoms with van der Waals surface area (Å²) in [5.74, 6) is 1.54. The number of nitrogens with zero attached hydrogens (tertiary/aromatic N) is 1. The summed E-state index contributed by atoms with van der Waals surface area (Å²) in [6.07, 6.45) is 6.56. The molecule has 1 N–H and O–H groups in total. The second-order valence-electron chi connectivity index (χ2n) is 6.87. The lowest BCUT2D eigenvalue weighted by molar-refractivity contribution is -0.133. The van der Waals surface area contributed by atoms with E-state index >= 15 is 0 Å². The first kappa shape index (κ1) is 15.5. The quantitative estimate of drug-likeness (QED) is 0.927. The van der Waals surface area contributed by atoms with Crippen molar-refractivity contribution in [2.75, 3.05) is 26.7 Å². The molecular weight excluding hydrogens is 272 g/mol. The molecule has 3 nitrogen and oxygen atoms in total. The average Bonchev–Trinajstić information content (AvgIpc) is 2.56. The first-order valence-electron chi connectivity index (χ1n) is 8.78.